The van der Waals surface area contributed by atoms with Crippen molar-refractivity contribution in [3.63, 3.8) is 0 Å². The van der Waals surface area contributed by atoms with Gasteiger partial charge in [0.2, 0.25) is 0 Å². The van der Waals surface area contributed by atoms with E-state index in [1.54, 1.807) is 36.4 Å². The quantitative estimate of drug-likeness (QED) is 0.322. The van der Waals surface area contributed by atoms with Gasteiger partial charge < -0.3 is 14.5 Å². The van der Waals surface area contributed by atoms with Gasteiger partial charge in [0.15, 0.2) is 5.76 Å². The summed E-state index contributed by atoms with van der Waals surface area (Å²) in [5.41, 5.74) is -0.713. The molecule has 1 aromatic heterocycles. The van der Waals surface area contributed by atoms with Crippen LogP contribution in [-0.2, 0) is 12.8 Å². The summed E-state index contributed by atoms with van der Waals surface area (Å²) in [6.45, 7) is -0.478. The second-order valence-corrected chi connectivity index (χ2v) is 6.33. The minimum absolute atomic E-state index is 0.222. The molecule has 0 spiro atoms. The van der Waals surface area contributed by atoms with Crippen LogP contribution in [0.1, 0.15) is 16.8 Å². The fourth-order valence-electron chi connectivity index (χ4n) is 2.45. The highest BCUT2D eigenvalue weighted by atomic mass is 79.9. The average Bonchev–Trinajstić information content (AvgIpc) is 3.07. The van der Waals surface area contributed by atoms with Gasteiger partial charge >= 0.3 is 6.18 Å². The Morgan fingerprint density at radius 1 is 1.19 bits per heavy atom. The summed E-state index contributed by atoms with van der Waals surface area (Å²) < 4.78 is 51.9. The van der Waals surface area contributed by atoms with Gasteiger partial charge in [-0.05, 0) is 18.2 Å². The monoisotopic (exact) mass is 440 g/mol. The number of benzene rings is 2. The van der Waals surface area contributed by atoms with E-state index in [4.69, 9.17) is 14.5 Å². The van der Waals surface area contributed by atoms with Crippen molar-refractivity contribution in [2.75, 3.05) is 0 Å². The molecule has 0 saturated heterocycles. The predicted molar refractivity (Wildman–Crippen MR) is 94.8 cm³/mol. The number of nitrogens with zero attached hydrogens (tertiary/aromatic N) is 2. The van der Waals surface area contributed by atoms with Gasteiger partial charge in [0.05, 0.1) is 6.21 Å². The molecule has 0 aliphatic rings. The minimum atomic E-state index is -4.67. The van der Waals surface area contributed by atoms with E-state index in [1.807, 2.05) is 0 Å². The Balaban J connectivity index is 1.95. The molecule has 1 heterocycles. The largest absolute Gasteiger partial charge is 0.486 e. The zero-order valence-corrected chi connectivity index (χ0v) is 15.2. The van der Waals surface area contributed by atoms with E-state index in [0.717, 1.165) is 6.21 Å². The molecular weight excluding hydrogens is 429 g/mol. The van der Waals surface area contributed by atoms with Crippen molar-refractivity contribution >= 4 is 22.1 Å². The molecule has 0 saturated carbocycles. The summed E-state index contributed by atoms with van der Waals surface area (Å²) >= 11 is 3.25. The Labute approximate surface area is 160 Å². The molecule has 5 nitrogen and oxygen atoms in total. The van der Waals surface area contributed by atoms with Crippen LogP contribution >= 0.6 is 15.9 Å². The van der Waals surface area contributed by atoms with Gasteiger partial charge in [0, 0.05) is 15.6 Å². The van der Waals surface area contributed by atoms with Gasteiger partial charge in [-0.15, -0.1) is 0 Å². The molecule has 3 aromatic rings. The lowest BCUT2D eigenvalue weighted by Crippen LogP contribution is -2.11. The van der Waals surface area contributed by atoms with Crippen LogP contribution in [0.3, 0.4) is 0 Å². The maximum Gasteiger partial charge on any atom is 0.422 e. The zero-order chi connectivity index (χ0) is 19.4. The summed E-state index contributed by atoms with van der Waals surface area (Å²) in [5.74, 6) is -0.146. The van der Waals surface area contributed by atoms with Crippen LogP contribution < -0.4 is 4.74 Å². The van der Waals surface area contributed by atoms with Gasteiger partial charge in [-0.1, -0.05) is 56.6 Å². The fraction of sp³-hybridized carbons (Fsp3) is 0.111. The van der Waals surface area contributed by atoms with E-state index >= 15 is 0 Å². The molecule has 0 aliphatic carbocycles. The zero-order valence-electron chi connectivity index (χ0n) is 13.6. The minimum Gasteiger partial charge on any atom is -0.486 e. The smallest absolute Gasteiger partial charge is 0.422 e. The number of oxime groups is 1. The number of aromatic nitrogens is 1. The van der Waals surface area contributed by atoms with Crippen molar-refractivity contribution in [1.29, 1.82) is 0 Å². The van der Waals surface area contributed by atoms with Gasteiger partial charge in [-0.25, -0.2) is 0 Å². The SMILES string of the molecule is O/N=C/c1ccc(Br)cc1OCc1noc(-c2ccccc2)c1C(F)(F)F. The Morgan fingerprint density at radius 3 is 2.59 bits per heavy atom. The van der Waals surface area contributed by atoms with Crippen LogP contribution in [0.2, 0.25) is 0 Å². The molecule has 0 bridgehead atoms. The lowest BCUT2D eigenvalue weighted by molar-refractivity contribution is -0.138. The standard InChI is InChI=1S/C18H12BrF3N2O3/c19-13-7-6-12(9-23-25)15(8-13)26-10-14-16(18(20,21)22)17(27-24-14)11-4-2-1-3-5-11/h1-9,25H,10H2/b23-9+. The topological polar surface area (TPSA) is 67.9 Å². The Morgan fingerprint density at radius 2 is 1.93 bits per heavy atom. The summed E-state index contributed by atoms with van der Waals surface area (Å²) in [6, 6.07) is 12.7. The normalized spacial score (nSPS) is 11.9. The van der Waals surface area contributed by atoms with E-state index in [-0.39, 0.29) is 22.8 Å². The summed E-state index contributed by atoms with van der Waals surface area (Å²) in [4.78, 5) is 0. The molecule has 0 amide bonds. The number of hydrogen-bond donors (Lipinski definition) is 1. The first-order valence-electron chi connectivity index (χ1n) is 7.61. The van der Waals surface area contributed by atoms with E-state index in [2.05, 4.69) is 26.2 Å². The highest BCUT2D eigenvalue weighted by molar-refractivity contribution is 9.10. The van der Waals surface area contributed by atoms with Crippen molar-refractivity contribution in [1.82, 2.24) is 5.16 Å². The Hall–Kier alpha value is -2.81. The molecule has 1 N–H and O–H groups in total. The van der Waals surface area contributed by atoms with Gasteiger partial charge in [-0.2, -0.15) is 13.2 Å². The molecule has 0 radical (unpaired) electrons. The van der Waals surface area contributed by atoms with Crippen LogP contribution in [0.5, 0.6) is 5.75 Å². The van der Waals surface area contributed by atoms with Gasteiger partial charge in [0.25, 0.3) is 0 Å². The van der Waals surface area contributed by atoms with Crippen LogP contribution in [0.15, 0.2) is 62.7 Å². The van der Waals surface area contributed by atoms with E-state index in [0.29, 0.717) is 10.0 Å². The lowest BCUT2D eigenvalue weighted by atomic mass is 10.1. The summed E-state index contributed by atoms with van der Waals surface area (Å²) in [6.07, 6.45) is -3.55. The maximum absolute atomic E-state index is 13.6. The number of rotatable bonds is 5. The predicted octanol–water partition coefficient (Wildman–Crippen LogP) is 5.51. The third kappa shape index (κ3) is 4.30. The molecule has 3 rings (SSSR count). The fourth-order valence-corrected chi connectivity index (χ4v) is 2.79. The summed E-state index contributed by atoms with van der Waals surface area (Å²) in [7, 11) is 0. The highest BCUT2D eigenvalue weighted by Gasteiger charge is 2.40. The molecule has 0 fully saturated rings. The van der Waals surface area contributed by atoms with Gasteiger partial charge in [-0.3, -0.25) is 0 Å². The highest BCUT2D eigenvalue weighted by Crippen LogP contribution is 2.40. The van der Waals surface area contributed by atoms with Gasteiger partial charge in [0.1, 0.15) is 23.6 Å². The van der Waals surface area contributed by atoms with E-state index in [1.165, 1.54) is 12.1 Å². The van der Waals surface area contributed by atoms with Crippen LogP contribution in [0, 0.1) is 0 Å². The first-order valence-corrected chi connectivity index (χ1v) is 8.40. The third-order valence-electron chi connectivity index (χ3n) is 3.62. The molecule has 0 aliphatic heterocycles. The van der Waals surface area contributed by atoms with Crippen LogP contribution in [-0.4, -0.2) is 16.6 Å². The summed E-state index contributed by atoms with van der Waals surface area (Å²) in [5, 5.41) is 15.2. The Kier molecular flexibility index (Phi) is 5.50. The molecule has 2 aromatic carbocycles. The van der Waals surface area contributed by atoms with Crippen molar-refractivity contribution < 1.29 is 27.6 Å². The number of hydrogen-bond acceptors (Lipinski definition) is 5. The van der Waals surface area contributed by atoms with Crippen LogP contribution in [0.4, 0.5) is 13.2 Å². The first kappa shape index (κ1) is 19.0. The second kappa shape index (κ2) is 7.83. The molecule has 9 heteroatoms. The first-order chi connectivity index (χ1) is 12.9. The molecule has 140 valence electrons. The average molecular weight is 441 g/mol. The van der Waals surface area contributed by atoms with Crippen molar-refractivity contribution in [3.8, 4) is 17.1 Å². The lowest BCUT2D eigenvalue weighted by Gasteiger charge is -2.11. The Bertz CT molecular complexity index is 956. The van der Waals surface area contributed by atoms with Crippen molar-refractivity contribution in [2.24, 2.45) is 5.16 Å². The van der Waals surface area contributed by atoms with Crippen molar-refractivity contribution in [3.05, 3.63) is 69.8 Å². The number of halogens is 4. The molecule has 27 heavy (non-hydrogen) atoms. The van der Waals surface area contributed by atoms with Crippen LogP contribution in [0.25, 0.3) is 11.3 Å². The molecule has 0 atom stereocenters. The number of ether oxygens (including phenoxy) is 1. The third-order valence-corrected chi connectivity index (χ3v) is 4.11. The van der Waals surface area contributed by atoms with E-state index < -0.39 is 18.3 Å². The second-order valence-electron chi connectivity index (χ2n) is 5.41. The number of alkyl halides is 3. The molecule has 0 unspecified atom stereocenters. The molecular formula is C18H12BrF3N2O3. The van der Waals surface area contributed by atoms with Crippen molar-refractivity contribution in [2.45, 2.75) is 12.8 Å². The maximum atomic E-state index is 13.6. The van der Waals surface area contributed by atoms with E-state index in [9.17, 15) is 13.2 Å².